The largest absolute Gasteiger partial charge is 0.493 e. The van der Waals surface area contributed by atoms with Gasteiger partial charge in [0.25, 0.3) is 5.91 Å². The molecule has 0 aliphatic carbocycles. The maximum Gasteiger partial charge on any atom is 0.433 e. The second-order valence-electron chi connectivity index (χ2n) is 6.85. The lowest BCUT2D eigenvalue weighted by Gasteiger charge is -2.14. The van der Waals surface area contributed by atoms with Crippen molar-refractivity contribution in [3.8, 4) is 17.2 Å². The molecule has 0 aliphatic heterocycles. The van der Waals surface area contributed by atoms with Crippen molar-refractivity contribution in [2.24, 2.45) is 5.10 Å². The van der Waals surface area contributed by atoms with Crippen molar-refractivity contribution in [3.63, 3.8) is 0 Å². The van der Waals surface area contributed by atoms with Crippen LogP contribution in [0.15, 0.2) is 53.6 Å². The Morgan fingerprint density at radius 2 is 1.69 bits per heavy atom. The summed E-state index contributed by atoms with van der Waals surface area (Å²) in [5.41, 5.74) is 1.69. The maximum absolute atomic E-state index is 13.2. The van der Waals surface area contributed by atoms with Crippen LogP contribution in [0.5, 0.6) is 17.2 Å². The highest BCUT2D eigenvalue weighted by Gasteiger charge is 2.33. The molecular formula is C23H20ClF3N4O4. The lowest BCUT2D eigenvalue weighted by atomic mass is 10.2. The molecule has 0 fully saturated rings. The first-order valence-electron chi connectivity index (χ1n) is 9.91. The highest BCUT2D eigenvalue weighted by molar-refractivity contribution is 6.33. The number of carbonyl (C=O) groups excluding carboxylic acids is 1. The van der Waals surface area contributed by atoms with E-state index < -0.39 is 17.8 Å². The number of benzene rings is 2. The molecule has 12 heteroatoms. The minimum Gasteiger partial charge on any atom is -0.493 e. The number of nitrogens with one attached hydrogen (secondary N) is 2. The minimum absolute atomic E-state index is 0.181. The quantitative estimate of drug-likeness (QED) is 0.317. The van der Waals surface area contributed by atoms with Gasteiger partial charge in [0.1, 0.15) is 11.5 Å². The molecule has 8 nitrogen and oxygen atoms in total. The van der Waals surface area contributed by atoms with E-state index in [1.165, 1.54) is 33.6 Å². The van der Waals surface area contributed by atoms with E-state index in [0.717, 1.165) is 6.07 Å². The van der Waals surface area contributed by atoms with E-state index in [1.807, 2.05) is 0 Å². The fourth-order valence-corrected chi connectivity index (χ4v) is 3.17. The monoisotopic (exact) mass is 508 g/mol. The van der Waals surface area contributed by atoms with Crippen LogP contribution in [0.2, 0.25) is 5.02 Å². The molecule has 0 radical (unpaired) electrons. The van der Waals surface area contributed by atoms with E-state index >= 15 is 0 Å². The zero-order valence-corrected chi connectivity index (χ0v) is 19.5. The Hall–Kier alpha value is -3.99. The first-order chi connectivity index (χ1) is 16.7. The Morgan fingerprint density at radius 3 is 2.26 bits per heavy atom. The van der Waals surface area contributed by atoms with Crippen LogP contribution < -0.4 is 25.0 Å². The molecular weight excluding hydrogens is 489 g/mol. The van der Waals surface area contributed by atoms with Gasteiger partial charge in [-0.15, -0.1) is 0 Å². The number of nitrogens with zero attached hydrogens (tertiary/aromatic N) is 2. The summed E-state index contributed by atoms with van der Waals surface area (Å²) < 4.78 is 55.4. The normalized spacial score (nSPS) is 11.3. The van der Waals surface area contributed by atoms with Gasteiger partial charge >= 0.3 is 6.18 Å². The predicted octanol–water partition coefficient (Wildman–Crippen LogP) is 5.29. The number of ether oxygens (including phenoxy) is 3. The van der Waals surface area contributed by atoms with Gasteiger partial charge in [-0.1, -0.05) is 23.7 Å². The van der Waals surface area contributed by atoms with Gasteiger partial charge in [0.15, 0.2) is 11.5 Å². The molecule has 35 heavy (non-hydrogen) atoms. The van der Waals surface area contributed by atoms with Crippen molar-refractivity contribution < 1.29 is 32.2 Å². The van der Waals surface area contributed by atoms with Crippen LogP contribution in [0.4, 0.5) is 24.7 Å². The third kappa shape index (κ3) is 6.12. The molecule has 1 amide bonds. The summed E-state index contributed by atoms with van der Waals surface area (Å²) in [5.74, 6) is -0.0178. The highest BCUT2D eigenvalue weighted by atomic mass is 35.5. The molecule has 2 aromatic carbocycles. The van der Waals surface area contributed by atoms with Gasteiger partial charge < -0.3 is 19.5 Å². The summed E-state index contributed by atoms with van der Waals surface area (Å²) in [4.78, 5) is 16.3. The molecule has 0 aliphatic rings. The molecule has 0 saturated carbocycles. The number of para-hydroxylation sites is 1. The Kier molecular flexibility index (Phi) is 8.02. The van der Waals surface area contributed by atoms with Gasteiger partial charge in [0, 0.05) is 5.56 Å². The van der Waals surface area contributed by atoms with Crippen LogP contribution in [-0.2, 0) is 6.18 Å². The second-order valence-corrected chi connectivity index (χ2v) is 7.26. The van der Waals surface area contributed by atoms with E-state index in [4.69, 9.17) is 25.8 Å². The van der Waals surface area contributed by atoms with E-state index in [0.29, 0.717) is 28.9 Å². The first kappa shape index (κ1) is 25.6. The second kappa shape index (κ2) is 11.0. The molecule has 1 aromatic heterocycles. The summed E-state index contributed by atoms with van der Waals surface area (Å²) >= 11 is 6.09. The zero-order valence-electron chi connectivity index (χ0n) is 18.7. The average Bonchev–Trinajstić information content (AvgIpc) is 2.84. The van der Waals surface area contributed by atoms with Gasteiger partial charge in [-0.05, 0) is 36.4 Å². The third-order valence-electron chi connectivity index (χ3n) is 4.62. The summed E-state index contributed by atoms with van der Waals surface area (Å²) in [6.45, 7) is 0. The maximum atomic E-state index is 13.2. The molecule has 2 N–H and O–H groups in total. The fourth-order valence-electron chi connectivity index (χ4n) is 2.99. The Labute approximate surface area is 203 Å². The fraction of sp³-hybridized carbons (Fsp3) is 0.174. The van der Waals surface area contributed by atoms with E-state index in [9.17, 15) is 18.0 Å². The summed E-state index contributed by atoms with van der Waals surface area (Å²) in [7, 11) is 4.36. The number of methoxy groups -OCH3 is 3. The number of amides is 1. The highest BCUT2D eigenvalue weighted by Crippen LogP contribution is 2.37. The van der Waals surface area contributed by atoms with Gasteiger partial charge in [-0.3, -0.25) is 4.79 Å². The first-order valence-corrected chi connectivity index (χ1v) is 10.3. The van der Waals surface area contributed by atoms with Crippen molar-refractivity contribution in [2.45, 2.75) is 6.18 Å². The number of hydrogen-bond acceptors (Lipinski definition) is 7. The number of hydrogen-bond donors (Lipinski definition) is 2. The third-order valence-corrected chi connectivity index (χ3v) is 4.95. The Bertz CT molecular complexity index is 1230. The Morgan fingerprint density at radius 1 is 1.03 bits per heavy atom. The van der Waals surface area contributed by atoms with E-state index in [-0.39, 0.29) is 22.1 Å². The molecule has 3 aromatic rings. The number of anilines is 2. The van der Waals surface area contributed by atoms with Crippen molar-refractivity contribution in [1.82, 2.24) is 10.4 Å². The summed E-state index contributed by atoms with van der Waals surface area (Å²) in [6, 6.07) is 11.3. The Balaban J connectivity index is 1.89. The van der Waals surface area contributed by atoms with Gasteiger partial charge in [0.2, 0.25) is 5.75 Å². The number of halogens is 4. The number of carbonyl (C=O) groups is 1. The minimum atomic E-state index is -4.71. The molecule has 184 valence electrons. The molecule has 0 bridgehead atoms. The van der Waals surface area contributed by atoms with E-state index in [2.05, 4.69) is 20.8 Å². The number of rotatable bonds is 8. The average molecular weight is 509 g/mol. The van der Waals surface area contributed by atoms with Crippen LogP contribution >= 0.6 is 11.6 Å². The number of hydrazone groups is 1. The molecule has 1 heterocycles. The van der Waals surface area contributed by atoms with Crippen molar-refractivity contribution >= 4 is 35.2 Å². The number of alkyl halides is 3. The standard InChI is InChI=1S/C23H20ClF3N4O4/c1-33-17-10-13(11-18(34-2)20(17)35-3)12-28-31-22(32)14-8-9-19(23(25,26)27)30-21(14)29-16-7-5-4-6-15(16)24/h4-12H,1-3H3,(H,29,30)(H,31,32)/b28-12+. The molecule has 0 spiro atoms. The van der Waals surface area contributed by atoms with Crippen molar-refractivity contribution in [2.75, 3.05) is 26.6 Å². The molecule has 3 rings (SSSR count). The van der Waals surface area contributed by atoms with Crippen LogP contribution in [0.3, 0.4) is 0 Å². The van der Waals surface area contributed by atoms with Crippen LogP contribution in [0.1, 0.15) is 21.6 Å². The van der Waals surface area contributed by atoms with Crippen LogP contribution in [-0.4, -0.2) is 38.4 Å². The molecule has 0 saturated heterocycles. The SMILES string of the molecule is COc1cc(/C=N/NC(=O)c2ccc(C(F)(F)F)nc2Nc2ccccc2Cl)cc(OC)c1OC. The van der Waals surface area contributed by atoms with Crippen LogP contribution in [0, 0.1) is 0 Å². The van der Waals surface area contributed by atoms with Gasteiger partial charge in [0.05, 0.1) is 43.8 Å². The van der Waals surface area contributed by atoms with E-state index in [1.54, 1.807) is 30.3 Å². The summed E-state index contributed by atoms with van der Waals surface area (Å²) in [5, 5.41) is 6.80. The smallest absolute Gasteiger partial charge is 0.433 e. The zero-order chi connectivity index (χ0) is 25.6. The van der Waals surface area contributed by atoms with Gasteiger partial charge in [-0.2, -0.15) is 18.3 Å². The van der Waals surface area contributed by atoms with Crippen molar-refractivity contribution in [3.05, 3.63) is 70.4 Å². The van der Waals surface area contributed by atoms with Crippen molar-refractivity contribution in [1.29, 1.82) is 0 Å². The van der Waals surface area contributed by atoms with Crippen LogP contribution in [0.25, 0.3) is 0 Å². The number of pyridine rings is 1. The molecule has 0 atom stereocenters. The summed E-state index contributed by atoms with van der Waals surface area (Å²) in [6.07, 6.45) is -3.41. The lowest BCUT2D eigenvalue weighted by Crippen LogP contribution is -2.21. The molecule has 0 unspecified atom stereocenters. The van der Waals surface area contributed by atoms with Gasteiger partial charge in [-0.25, -0.2) is 10.4 Å². The predicted molar refractivity (Wildman–Crippen MR) is 125 cm³/mol. The topological polar surface area (TPSA) is 94.1 Å². The lowest BCUT2D eigenvalue weighted by molar-refractivity contribution is -0.141. The number of aromatic nitrogens is 1.